The van der Waals surface area contributed by atoms with Crippen molar-refractivity contribution >= 4 is 33.7 Å². The lowest BCUT2D eigenvalue weighted by Gasteiger charge is -2.17. The van der Waals surface area contributed by atoms with Crippen molar-refractivity contribution in [1.29, 1.82) is 0 Å². The summed E-state index contributed by atoms with van der Waals surface area (Å²) in [5, 5.41) is 0. The summed E-state index contributed by atoms with van der Waals surface area (Å²) >= 11 is 3.46. The Balaban J connectivity index is 1.76. The minimum Gasteiger partial charge on any atom is -0.288 e. The molecule has 4 rings (SSSR count). The Kier molecular flexibility index (Phi) is 3.62. The molecule has 1 aliphatic heterocycles. The molecule has 1 aliphatic carbocycles. The number of amides is 1. The van der Waals surface area contributed by atoms with E-state index in [0.29, 0.717) is 11.7 Å². The van der Waals surface area contributed by atoms with Crippen LogP contribution in [-0.2, 0) is 4.79 Å². The maximum absolute atomic E-state index is 12.8. The number of amidine groups is 1. The van der Waals surface area contributed by atoms with E-state index in [0.717, 1.165) is 34.3 Å². The molecule has 3 nitrogen and oxygen atoms in total. The van der Waals surface area contributed by atoms with Gasteiger partial charge in [-0.05, 0) is 36.6 Å². The van der Waals surface area contributed by atoms with Crippen LogP contribution in [0.4, 0.5) is 0 Å². The Morgan fingerprint density at radius 2 is 1.87 bits per heavy atom. The number of carbonyl (C=O) groups is 1. The van der Waals surface area contributed by atoms with E-state index in [9.17, 15) is 4.79 Å². The highest BCUT2D eigenvalue weighted by atomic mass is 79.9. The first kappa shape index (κ1) is 14.4. The van der Waals surface area contributed by atoms with Gasteiger partial charge >= 0.3 is 0 Å². The van der Waals surface area contributed by atoms with Gasteiger partial charge in [-0.1, -0.05) is 58.4 Å². The van der Waals surface area contributed by atoms with Gasteiger partial charge in [0, 0.05) is 16.1 Å². The molecule has 114 valence electrons. The molecule has 0 unspecified atom stereocenters. The second-order valence-corrected chi connectivity index (χ2v) is 6.71. The third-order valence-electron chi connectivity index (χ3n) is 3.99. The smallest absolute Gasteiger partial charge is 0.278 e. The van der Waals surface area contributed by atoms with Gasteiger partial charge in [0.15, 0.2) is 0 Å². The van der Waals surface area contributed by atoms with Crippen molar-refractivity contribution in [2.45, 2.75) is 18.9 Å². The fourth-order valence-electron chi connectivity index (χ4n) is 2.75. The third-order valence-corrected chi connectivity index (χ3v) is 4.48. The van der Waals surface area contributed by atoms with Gasteiger partial charge in [-0.25, -0.2) is 4.99 Å². The van der Waals surface area contributed by atoms with E-state index >= 15 is 0 Å². The zero-order valence-corrected chi connectivity index (χ0v) is 14.0. The molecule has 2 aliphatic rings. The van der Waals surface area contributed by atoms with Crippen molar-refractivity contribution in [2.75, 3.05) is 0 Å². The number of nitrogens with zero attached hydrogens (tertiary/aromatic N) is 2. The first-order chi connectivity index (χ1) is 11.2. The molecule has 0 radical (unpaired) electrons. The summed E-state index contributed by atoms with van der Waals surface area (Å²) in [7, 11) is 0. The van der Waals surface area contributed by atoms with Crippen LogP contribution in [0.25, 0.3) is 6.08 Å². The quantitative estimate of drug-likeness (QED) is 0.747. The van der Waals surface area contributed by atoms with Gasteiger partial charge in [0.05, 0.1) is 0 Å². The number of aliphatic imine (C=N–C) groups is 1. The Hall–Kier alpha value is -2.20. The number of rotatable bonds is 3. The molecule has 23 heavy (non-hydrogen) atoms. The van der Waals surface area contributed by atoms with Crippen molar-refractivity contribution in [3.63, 3.8) is 0 Å². The molecule has 0 spiro atoms. The van der Waals surface area contributed by atoms with Crippen LogP contribution in [0.15, 0.2) is 69.8 Å². The minimum atomic E-state index is 0.00586. The molecule has 0 aromatic heterocycles. The van der Waals surface area contributed by atoms with E-state index < -0.39 is 0 Å². The van der Waals surface area contributed by atoms with E-state index in [1.165, 1.54) is 0 Å². The predicted molar refractivity (Wildman–Crippen MR) is 95.0 cm³/mol. The predicted octanol–water partition coefficient (Wildman–Crippen LogP) is 4.24. The third kappa shape index (κ3) is 2.86. The van der Waals surface area contributed by atoms with Crippen molar-refractivity contribution in [2.24, 2.45) is 4.99 Å². The highest BCUT2D eigenvalue weighted by molar-refractivity contribution is 9.10. The number of hydrogen-bond acceptors (Lipinski definition) is 2. The maximum Gasteiger partial charge on any atom is 0.278 e. The molecule has 0 bridgehead atoms. The van der Waals surface area contributed by atoms with Crippen LogP contribution < -0.4 is 0 Å². The van der Waals surface area contributed by atoms with Crippen LogP contribution in [-0.4, -0.2) is 22.7 Å². The summed E-state index contributed by atoms with van der Waals surface area (Å²) in [6.07, 6.45) is 3.97. The largest absolute Gasteiger partial charge is 0.288 e. The summed E-state index contributed by atoms with van der Waals surface area (Å²) in [5.74, 6) is 0.783. The zero-order chi connectivity index (χ0) is 15.8. The van der Waals surface area contributed by atoms with E-state index in [1.807, 2.05) is 65.6 Å². The van der Waals surface area contributed by atoms with Crippen LogP contribution in [0.1, 0.15) is 24.0 Å². The molecule has 0 atom stereocenters. The average Bonchev–Trinajstić information content (AvgIpc) is 3.34. The van der Waals surface area contributed by atoms with Gasteiger partial charge in [-0.15, -0.1) is 0 Å². The van der Waals surface area contributed by atoms with Crippen LogP contribution in [0.3, 0.4) is 0 Å². The lowest BCUT2D eigenvalue weighted by Crippen LogP contribution is -2.34. The molecule has 0 N–H and O–H groups in total. The van der Waals surface area contributed by atoms with Gasteiger partial charge in [0.2, 0.25) is 0 Å². The highest BCUT2D eigenvalue weighted by Gasteiger charge is 2.41. The summed E-state index contributed by atoms with van der Waals surface area (Å²) in [6.45, 7) is 0. The SMILES string of the molecule is O=C1/C(=C/c2cccc(Br)c2)N=C(c2ccccc2)N1C1CC1. The van der Waals surface area contributed by atoms with Crippen LogP contribution in [0.5, 0.6) is 0 Å². The second kappa shape index (κ2) is 5.78. The van der Waals surface area contributed by atoms with E-state index in [-0.39, 0.29) is 5.91 Å². The van der Waals surface area contributed by atoms with E-state index in [4.69, 9.17) is 0 Å². The average molecular weight is 367 g/mol. The number of hydrogen-bond donors (Lipinski definition) is 0. The first-order valence-electron chi connectivity index (χ1n) is 7.67. The standard InChI is InChI=1S/C19H15BrN2O/c20-15-8-4-5-13(11-15)12-17-19(23)22(16-9-10-16)18(21-17)14-6-2-1-3-7-14/h1-8,11-12,16H,9-10H2/b17-12-. The van der Waals surface area contributed by atoms with Crippen LogP contribution in [0.2, 0.25) is 0 Å². The Bertz CT molecular complexity index is 822. The number of carbonyl (C=O) groups excluding carboxylic acids is 1. The van der Waals surface area contributed by atoms with Crippen LogP contribution in [0, 0.1) is 0 Å². The Morgan fingerprint density at radius 3 is 2.57 bits per heavy atom. The number of benzene rings is 2. The highest BCUT2D eigenvalue weighted by Crippen LogP contribution is 2.34. The van der Waals surface area contributed by atoms with Gasteiger partial charge < -0.3 is 0 Å². The minimum absolute atomic E-state index is 0.00586. The maximum atomic E-state index is 12.8. The van der Waals surface area contributed by atoms with Crippen molar-refractivity contribution in [1.82, 2.24) is 4.90 Å². The molecular weight excluding hydrogens is 352 g/mol. The van der Waals surface area contributed by atoms with Crippen molar-refractivity contribution < 1.29 is 4.79 Å². The second-order valence-electron chi connectivity index (χ2n) is 5.79. The number of halogens is 1. The van der Waals surface area contributed by atoms with E-state index in [2.05, 4.69) is 20.9 Å². The molecule has 1 fully saturated rings. The molecule has 0 saturated heterocycles. The fraction of sp³-hybridized carbons (Fsp3) is 0.158. The Morgan fingerprint density at radius 1 is 1.09 bits per heavy atom. The fourth-order valence-corrected chi connectivity index (χ4v) is 3.16. The summed E-state index contributed by atoms with van der Waals surface area (Å²) in [4.78, 5) is 19.3. The van der Waals surface area contributed by atoms with Gasteiger partial charge in [-0.3, -0.25) is 9.69 Å². The summed E-state index contributed by atoms with van der Waals surface area (Å²) in [5.41, 5.74) is 2.47. The molecule has 2 aromatic rings. The topological polar surface area (TPSA) is 32.7 Å². The van der Waals surface area contributed by atoms with Gasteiger partial charge in [0.1, 0.15) is 11.5 Å². The van der Waals surface area contributed by atoms with Gasteiger partial charge in [-0.2, -0.15) is 0 Å². The van der Waals surface area contributed by atoms with Crippen molar-refractivity contribution in [3.05, 3.63) is 75.9 Å². The zero-order valence-electron chi connectivity index (χ0n) is 12.4. The van der Waals surface area contributed by atoms with E-state index in [1.54, 1.807) is 0 Å². The normalized spacial score (nSPS) is 19.3. The van der Waals surface area contributed by atoms with Gasteiger partial charge in [0.25, 0.3) is 5.91 Å². The lowest BCUT2D eigenvalue weighted by molar-refractivity contribution is -0.122. The molecular formula is C19H15BrN2O. The summed E-state index contributed by atoms with van der Waals surface area (Å²) in [6, 6.07) is 18.1. The molecule has 4 heteroatoms. The molecule has 2 aromatic carbocycles. The first-order valence-corrected chi connectivity index (χ1v) is 8.46. The Labute approximate surface area is 143 Å². The van der Waals surface area contributed by atoms with Crippen molar-refractivity contribution in [3.8, 4) is 0 Å². The monoisotopic (exact) mass is 366 g/mol. The molecule has 1 saturated carbocycles. The molecule has 1 amide bonds. The lowest BCUT2D eigenvalue weighted by atomic mass is 10.2. The summed E-state index contributed by atoms with van der Waals surface area (Å²) < 4.78 is 0.989. The van der Waals surface area contributed by atoms with Crippen LogP contribution >= 0.6 is 15.9 Å². The molecule has 1 heterocycles.